The number of ether oxygens (including phenoxy) is 1. The van der Waals surface area contributed by atoms with Gasteiger partial charge in [-0.1, -0.05) is 6.92 Å². The van der Waals surface area contributed by atoms with Crippen LogP contribution >= 0.6 is 0 Å². The molecule has 3 heteroatoms. The van der Waals surface area contributed by atoms with Crippen molar-refractivity contribution >= 4 is 0 Å². The average molecular weight is 182 g/mol. The van der Waals surface area contributed by atoms with Gasteiger partial charge in [0, 0.05) is 5.56 Å². The summed E-state index contributed by atoms with van der Waals surface area (Å²) in [4.78, 5) is 0. The summed E-state index contributed by atoms with van der Waals surface area (Å²) in [6.07, 6.45) is 0.940. The Bertz CT molecular complexity index is 271. The summed E-state index contributed by atoms with van der Waals surface area (Å²) in [6, 6.07) is 4.85. The van der Waals surface area contributed by atoms with E-state index in [0.717, 1.165) is 6.42 Å². The molecule has 13 heavy (non-hydrogen) atoms. The molecule has 0 amide bonds. The van der Waals surface area contributed by atoms with Crippen molar-refractivity contribution in [2.75, 3.05) is 6.61 Å². The van der Waals surface area contributed by atoms with E-state index in [4.69, 9.17) is 9.84 Å². The summed E-state index contributed by atoms with van der Waals surface area (Å²) >= 11 is 0. The Morgan fingerprint density at radius 2 is 2.15 bits per heavy atom. The van der Waals surface area contributed by atoms with Crippen LogP contribution in [0.5, 0.6) is 11.5 Å². The molecule has 0 aliphatic rings. The zero-order valence-electron chi connectivity index (χ0n) is 7.66. The molecule has 0 atom stereocenters. The molecule has 0 radical (unpaired) electrons. The Kier molecular flexibility index (Phi) is 3.58. The highest BCUT2D eigenvalue weighted by Gasteiger charge is 2.01. The molecule has 0 spiro atoms. The highest BCUT2D eigenvalue weighted by molar-refractivity contribution is 5.38. The Balaban J connectivity index is 2.74. The highest BCUT2D eigenvalue weighted by Crippen LogP contribution is 2.22. The first-order valence-electron chi connectivity index (χ1n) is 4.33. The van der Waals surface area contributed by atoms with E-state index in [1.165, 1.54) is 6.07 Å². The first-order chi connectivity index (χ1) is 6.27. The first kappa shape index (κ1) is 9.86. The van der Waals surface area contributed by atoms with Gasteiger partial charge in [-0.25, -0.2) is 0 Å². The van der Waals surface area contributed by atoms with Gasteiger partial charge in [0.1, 0.15) is 11.5 Å². The van der Waals surface area contributed by atoms with Crippen LogP contribution in [-0.2, 0) is 6.61 Å². The molecular formula is C10H14O3. The van der Waals surface area contributed by atoms with Crippen molar-refractivity contribution in [1.82, 2.24) is 0 Å². The second kappa shape index (κ2) is 4.72. The van der Waals surface area contributed by atoms with Crippen LogP contribution in [0.2, 0.25) is 0 Å². The minimum atomic E-state index is -0.171. The molecule has 1 aromatic carbocycles. The van der Waals surface area contributed by atoms with Crippen molar-refractivity contribution in [2.24, 2.45) is 0 Å². The molecule has 0 heterocycles. The molecule has 3 nitrogen and oxygen atoms in total. The third-order valence-electron chi connectivity index (χ3n) is 1.69. The minimum Gasteiger partial charge on any atom is -0.508 e. The number of hydrogen-bond acceptors (Lipinski definition) is 3. The van der Waals surface area contributed by atoms with Crippen LogP contribution < -0.4 is 4.74 Å². The van der Waals surface area contributed by atoms with E-state index >= 15 is 0 Å². The third-order valence-corrected chi connectivity index (χ3v) is 1.69. The number of aliphatic hydroxyl groups excluding tert-OH is 1. The molecule has 1 aromatic rings. The van der Waals surface area contributed by atoms with Crippen LogP contribution in [0.4, 0.5) is 0 Å². The molecule has 1 rings (SSSR count). The Morgan fingerprint density at radius 3 is 2.77 bits per heavy atom. The maximum atomic E-state index is 9.24. The average Bonchev–Trinajstić information content (AvgIpc) is 2.16. The topological polar surface area (TPSA) is 49.7 Å². The largest absolute Gasteiger partial charge is 0.508 e. The van der Waals surface area contributed by atoms with E-state index in [9.17, 15) is 5.11 Å². The van der Waals surface area contributed by atoms with E-state index in [-0.39, 0.29) is 12.4 Å². The lowest BCUT2D eigenvalue weighted by Crippen LogP contribution is -1.95. The van der Waals surface area contributed by atoms with Crippen LogP contribution in [0, 0.1) is 0 Å². The van der Waals surface area contributed by atoms with Crippen LogP contribution in [-0.4, -0.2) is 16.8 Å². The predicted octanol–water partition coefficient (Wildman–Crippen LogP) is 1.67. The van der Waals surface area contributed by atoms with Crippen molar-refractivity contribution in [2.45, 2.75) is 20.0 Å². The number of benzene rings is 1. The zero-order chi connectivity index (χ0) is 9.68. The molecular weight excluding hydrogens is 168 g/mol. The van der Waals surface area contributed by atoms with Gasteiger partial charge in [-0.05, 0) is 24.6 Å². The standard InChI is InChI=1S/C10H14O3/c1-2-5-13-9-3-4-10(12)8(6-9)7-11/h3-4,6,11-12H,2,5,7H2,1H3. The lowest BCUT2D eigenvalue weighted by Gasteiger charge is -2.06. The number of aliphatic hydroxyl groups is 1. The number of phenols is 1. The van der Waals surface area contributed by atoms with Gasteiger partial charge in [-0.3, -0.25) is 0 Å². The van der Waals surface area contributed by atoms with E-state index in [1.54, 1.807) is 12.1 Å². The summed E-state index contributed by atoms with van der Waals surface area (Å²) in [6.45, 7) is 2.50. The molecule has 0 saturated heterocycles. The second-order valence-electron chi connectivity index (χ2n) is 2.80. The minimum absolute atomic E-state index is 0.103. The van der Waals surface area contributed by atoms with E-state index in [1.807, 2.05) is 6.92 Å². The van der Waals surface area contributed by atoms with Gasteiger partial charge in [0.25, 0.3) is 0 Å². The highest BCUT2D eigenvalue weighted by atomic mass is 16.5. The Hall–Kier alpha value is -1.22. The van der Waals surface area contributed by atoms with Gasteiger partial charge in [0.05, 0.1) is 13.2 Å². The summed E-state index contributed by atoms with van der Waals surface area (Å²) in [5, 5.41) is 18.1. The maximum absolute atomic E-state index is 9.24. The smallest absolute Gasteiger partial charge is 0.121 e. The van der Waals surface area contributed by atoms with Crippen molar-refractivity contribution in [3.63, 3.8) is 0 Å². The normalized spacial score (nSPS) is 10.0. The number of rotatable bonds is 4. The van der Waals surface area contributed by atoms with Crippen molar-refractivity contribution in [3.8, 4) is 11.5 Å². The molecule has 0 unspecified atom stereocenters. The summed E-state index contributed by atoms with van der Waals surface area (Å²) in [5.41, 5.74) is 0.494. The van der Waals surface area contributed by atoms with Crippen LogP contribution in [0.25, 0.3) is 0 Å². The second-order valence-corrected chi connectivity index (χ2v) is 2.80. The fraction of sp³-hybridized carbons (Fsp3) is 0.400. The van der Waals surface area contributed by atoms with Crippen molar-refractivity contribution < 1.29 is 14.9 Å². The predicted molar refractivity (Wildman–Crippen MR) is 49.8 cm³/mol. The SMILES string of the molecule is CCCOc1ccc(O)c(CO)c1. The summed E-state index contributed by atoms with van der Waals surface area (Å²) in [7, 11) is 0. The molecule has 0 bridgehead atoms. The van der Waals surface area contributed by atoms with Gasteiger partial charge in [0.15, 0.2) is 0 Å². The van der Waals surface area contributed by atoms with Crippen LogP contribution in [0.1, 0.15) is 18.9 Å². The Morgan fingerprint density at radius 1 is 1.38 bits per heavy atom. The van der Waals surface area contributed by atoms with E-state index in [0.29, 0.717) is 17.9 Å². The van der Waals surface area contributed by atoms with Crippen molar-refractivity contribution in [1.29, 1.82) is 0 Å². The zero-order valence-corrected chi connectivity index (χ0v) is 7.66. The van der Waals surface area contributed by atoms with Crippen molar-refractivity contribution in [3.05, 3.63) is 23.8 Å². The van der Waals surface area contributed by atoms with Gasteiger partial charge in [-0.15, -0.1) is 0 Å². The van der Waals surface area contributed by atoms with Gasteiger partial charge in [0.2, 0.25) is 0 Å². The lowest BCUT2D eigenvalue weighted by molar-refractivity contribution is 0.272. The molecule has 2 N–H and O–H groups in total. The molecule has 0 aliphatic heterocycles. The fourth-order valence-corrected chi connectivity index (χ4v) is 0.998. The van der Waals surface area contributed by atoms with Gasteiger partial charge in [-0.2, -0.15) is 0 Å². The van der Waals surface area contributed by atoms with Gasteiger partial charge >= 0.3 is 0 Å². The Labute approximate surface area is 77.6 Å². The van der Waals surface area contributed by atoms with E-state index in [2.05, 4.69) is 0 Å². The monoisotopic (exact) mass is 182 g/mol. The summed E-state index contributed by atoms with van der Waals surface area (Å²) in [5.74, 6) is 0.787. The quantitative estimate of drug-likeness (QED) is 0.744. The number of hydrogen-bond donors (Lipinski definition) is 2. The lowest BCUT2D eigenvalue weighted by atomic mass is 10.2. The maximum Gasteiger partial charge on any atom is 0.121 e. The first-order valence-corrected chi connectivity index (χ1v) is 4.33. The molecule has 0 fully saturated rings. The molecule has 0 saturated carbocycles. The molecule has 0 aromatic heterocycles. The third kappa shape index (κ3) is 2.63. The van der Waals surface area contributed by atoms with Crippen LogP contribution in [0.3, 0.4) is 0 Å². The van der Waals surface area contributed by atoms with Gasteiger partial charge < -0.3 is 14.9 Å². The summed E-state index contributed by atoms with van der Waals surface area (Å²) < 4.78 is 5.33. The number of aromatic hydroxyl groups is 1. The molecule has 72 valence electrons. The van der Waals surface area contributed by atoms with E-state index < -0.39 is 0 Å². The molecule has 0 aliphatic carbocycles. The van der Waals surface area contributed by atoms with Crippen LogP contribution in [0.15, 0.2) is 18.2 Å². The fourth-order valence-electron chi connectivity index (χ4n) is 0.998.